The van der Waals surface area contributed by atoms with Crippen LogP contribution < -0.4 is 10.7 Å². The van der Waals surface area contributed by atoms with E-state index in [1.54, 1.807) is 11.2 Å². The van der Waals surface area contributed by atoms with Crippen LogP contribution in [0, 0.1) is 0 Å². The van der Waals surface area contributed by atoms with Gasteiger partial charge in [-0.1, -0.05) is 52.4 Å². The van der Waals surface area contributed by atoms with Crippen LogP contribution in [0.1, 0.15) is 12.5 Å². The highest BCUT2D eigenvalue weighted by Gasteiger charge is 2.09. The Morgan fingerprint density at radius 3 is 2.45 bits per heavy atom. The second-order valence-corrected chi connectivity index (χ2v) is 5.69. The minimum absolute atomic E-state index is 0.635. The summed E-state index contributed by atoms with van der Waals surface area (Å²) in [6, 6.07) is 15.4. The van der Waals surface area contributed by atoms with Gasteiger partial charge in [-0.25, -0.2) is 5.01 Å². The third kappa shape index (κ3) is 3.65. The molecule has 3 nitrogen and oxygen atoms in total. The molecule has 0 fully saturated rings. The lowest BCUT2D eigenvalue weighted by Gasteiger charge is -2.19. The van der Waals surface area contributed by atoms with Gasteiger partial charge in [-0.2, -0.15) is 5.10 Å². The van der Waals surface area contributed by atoms with Crippen molar-refractivity contribution < 1.29 is 0 Å². The number of nitrogens with zero attached hydrogens (tertiary/aromatic N) is 2. The maximum absolute atomic E-state index is 5.97. The molecule has 5 heteroatoms. The summed E-state index contributed by atoms with van der Waals surface area (Å²) in [5.41, 5.74) is 8.39. The molecule has 0 aliphatic rings. The number of nitrogen functional groups attached to an aromatic ring is 1. The van der Waals surface area contributed by atoms with Crippen LogP contribution in [0.25, 0.3) is 0 Å². The molecule has 0 aromatic heterocycles. The molecule has 2 rings (SSSR count). The average Bonchev–Trinajstić information content (AvgIpc) is 2.42. The molecule has 0 spiro atoms. The van der Waals surface area contributed by atoms with Crippen molar-refractivity contribution in [2.24, 2.45) is 5.10 Å². The second kappa shape index (κ2) is 6.63. The fraction of sp³-hybridized carbons (Fsp3) is 0.0667. The molecule has 2 aromatic rings. The maximum atomic E-state index is 5.97. The van der Waals surface area contributed by atoms with Crippen molar-refractivity contribution in [3.63, 3.8) is 0 Å². The summed E-state index contributed by atoms with van der Waals surface area (Å²) in [7, 11) is 0. The topological polar surface area (TPSA) is 41.6 Å². The SMILES string of the molecule is CC(=S)N(N=Cc1ccc(Br)cc1)c1ccccc1N. The number of anilines is 2. The number of nitrogens with two attached hydrogens (primary N) is 1. The van der Waals surface area contributed by atoms with Crippen LogP contribution in [-0.4, -0.2) is 11.2 Å². The summed E-state index contributed by atoms with van der Waals surface area (Å²) in [5.74, 6) is 0. The van der Waals surface area contributed by atoms with E-state index in [9.17, 15) is 0 Å². The highest BCUT2D eigenvalue weighted by atomic mass is 79.9. The Kier molecular flexibility index (Phi) is 4.87. The largest absolute Gasteiger partial charge is 0.397 e. The monoisotopic (exact) mass is 347 g/mol. The van der Waals surface area contributed by atoms with Crippen molar-refractivity contribution in [3.8, 4) is 0 Å². The number of para-hydroxylation sites is 2. The van der Waals surface area contributed by atoms with Crippen molar-refractivity contribution in [1.29, 1.82) is 0 Å². The zero-order valence-electron chi connectivity index (χ0n) is 11.0. The van der Waals surface area contributed by atoms with Gasteiger partial charge in [-0.05, 0) is 36.8 Å². The van der Waals surface area contributed by atoms with E-state index in [0.29, 0.717) is 10.7 Å². The second-order valence-electron chi connectivity index (χ2n) is 4.19. The van der Waals surface area contributed by atoms with Crippen LogP contribution in [0.3, 0.4) is 0 Å². The van der Waals surface area contributed by atoms with Crippen molar-refractivity contribution in [2.75, 3.05) is 10.7 Å². The van der Waals surface area contributed by atoms with E-state index in [-0.39, 0.29) is 0 Å². The molecule has 20 heavy (non-hydrogen) atoms. The van der Waals surface area contributed by atoms with Gasteiger partial charge in [0.25, 0.3) is 0 Å². The highest BCUT2D eigenvalue weighted by molar-refractivity contribution is 9.10. The van der Waals surface area contributed by atoms with E-state index in [1.807, 2.05) is 55.5 Å². The van der Waals surface area contributed by atoms with Gasteiger partial charge in [0.05, 0.1) is 17.6 Å². The normalized spacial score (nSPS) is 10.7. The number of hydrazone groups is 1. The first-order chi connectivity index (χ1) is 9.58. The molecular formula is C15H14BrN3S. The van der Waals surface area contributed by atoms with Gasteiger partial charge in [0.2, 0.25) is 0 Å². The molecule has 2 aromatic carbocycles. The number of hydrogen-bond donors (Lipinski definition) is 1. The smallest absolute Gasteiger partial charge is 0.102 e. The van der Waals surface area contributed by atoms with Gasteiger partial charge in [0.1, 0.15) is 4.99 Å². The minimum Gasteiger partial charge on any atom is -0.397 e. The number of rotatable bonds is 3. The first-order valence-electron chi connectivity index (χ1n) is 6.02. The van der Waals surface area contributed by atoms with Gasteiger partial charge >= 0.3 is 0 Å². The van der Waals surface area contributed by atoms with Crippen molar-refractivity contribution in [2.45, 2.75) is 6.92 Å². The lowest BCUT2D eigenvalue weighted by molar-refractivity contribution is 1.15. The van der Waals surface area contributed by atoms with Crippen LogP contribution in [0.5, 0.6) is 0 Å². The Hall–Kier alpha value is -1.72. The molecule has 0 amide bonds. The first-order valence-corrected chi connectivity index (χ1v) is 7.23. The van der Waals surface area contributed by atoms with Crippen LogP contribution in [-0.2, 0) is 0 Å². The van der Waals surface area contributed by atoms with Crippen LogP contribution in [0.15, 0.2) is 58.1 Å². The van der Waals surface area contributed by atoms with Crippen LogP contribution in [0.4, 0.5) is 11.4 Å². The quantitative estimate of drug-likeness (QED) is 0.391. The lowest BCUT2D eigenvalue weighted by Crippen LogP contribution is -2.21. The molecular weight excluding hydrogens is 334 g/mol. The average molecular weight is 348 g/mol. The highest BCUT2D eigenvalue weighted by Crippen LogP contribution is 2.23. The lowest BCUT2D eigenvalue weighted by atomic mass is 10.2. The maximum Gasteiger partial charge on any atom is 0.102 e. The van der Waals surface area contributed by atoms with E-state index >= 15 is 0 Å². The minimum atomic E-state index is 0.635. The van der Waals surface area contributed by atoms with Crippen molar-refractivity contribution in [3.05, 3.63) is 58.6 Å². The van der Waals surface area contributed by atoms with Crippen molar-refractivity contribution >= 4 is 50.7 Å². The Labute approximate surface area is 132 Å². The van der Waals surface area contributed by atoms with Gasteiger partial charge < -0.3 is 5.73 Å². The van der Waals surface area contributed by atoms with Gasteiger partial charge in [-0.3, -0.25) is 0 Å². The Morgan fingerprint density at radius 2 is 1.85 bits per heavy atom. The molecule has 0 saturated heterocycles. The van der Waals surface area contributed by atoms with Crippen molar-refractivity contribution in [1.82, 2.24) is 0 Å². The number of hydrogen-bond acceptors (Lipinski definition) is 3. The van der Waals surface area contributed by atoms with E-state index in [4.69, 9.17) is 18.0 Å². The summed E-state index contributed by atoms with van der Waals surface area (Å²) < 4.78 is 1.03. The summed E-state index contributed by atoms with van der Waals surface area (Å²) in [6.45, 7) is 1.82. The molecule has 0 radical (unpaired) electrons. The van der Waals surface area contributed by atoms with E-state index in [0.717, 1.165) is 15.7 Å². The third-order valence-corrected chi connectivity index (χ3v) is 3.36. The standard InChI is InChI=1S/C15H14BrN3S/c1-11(20)19(15-5-3-2-4-14(15)17)18-10-12-6-8-13(16)9-7-12/h2-10H,17H2,1H3. The fourth-order valence-electron chi connectivity index (χ4n) is 1.67. The molecule has 0 aliphatic carbocycles. The van der Waals surface area contributed by atoms with Crippen LogP contribution >= 0.6 is 28.1 Å². The van der Waals surface area contributed by atoms with Gasteiger partial charge in [-0.15, -0.1) is 0 Å². The Balaban J connectivity index is 2.29. The Bertz CT molecular complexity index is 638. The fourth-order valence-corrected chi connectivity index (χ4v) is 2.08. The molecule has 0 bridgehead atoms. The molecule has 0 saturated carbocycles. The third-order valence-electron chi connectivity index (χ3n) is 2.66. The molecule has 2 N–H and O–H groups in total. The van der Waals surface area contributed by atoms with E-state index < -0.39 is 0 Å². The number of benzene rings is 2. The Morgan fingerprint density at radius 1 is 1.20 bits per heavy atom. The summed E-state index contributed by atoms with van der Waals surface area (Å²) in [4.78, 5) is 0.635. The van der Waals surface area contributed by atoms with Crippen LogP contribution in [0.2, 0.25) is 0 Å². The first kappa shape index (κ1) is 14.7. The predicted molar refractivity (Wildman–Crippen MR) is 93.3 cm³/mol. The summed E-state index contributed by atoms with van der Waals surface area (Å²) in [6.07, 6.45) is 1.76. The van der Waals surface area contributed by atoms with E-state index in [1.165, 1.54) is 0 Å². The molecule has 0 heterocycles. The molecule has 0 unspecified atom stereocenters. The molecule has 0 aliphatic heterocycles. The summed E-state index contributed by atoms with van der Waals surface area (Å²) >= 11 is 8.65. The summed E-state index contributed by atoms with van der Waals surface area (Å²) in [5, 5.41) is 6.09. The number of thiocarbonyl (C=S) groups is 1. The number of halogens is 1. The zero-order chi connectivity index (χ0) is 14.5. The molecule has 102 valence electrons. The van der Waals surface area contributed by atoms with Gasteiger partial charge in [0, 0.05) is 4.47 Å². The zero-order valence-corrected chi connectivity index (χ0v) is 13.4. The van der Waals surface area contributed by atoms with Gasteiger partial charge in [0.15, 0.2) is 0 Å². The van der Waals surface area contributed by atoms with E-state index in [2.05, 4.69) is 21.0 Å². The molecule has 0 atom stereocenters. The predicted octanol–water partition coefficient (Wildman–Crippen LogP) is 4.22.